The highest BCUT2D eigenvalue weighted by Gasteiger charge is 2.22. The fourth-order valence-corrected chi connectivity index (χ4v) is 2.93. The first-order valence-electron chi connectivity index (χ1n) is 8.07. The van der Waals surface area contributed by atoms with Gasteiger partial charge in [0.2, 0.25) is 0 Å². The van der Waals surface area contributed by atoms with Crippen LogP contribution in [0.2, 0.25) is 0 Å². The molecule has 1 unspecified atom stereocenters. The van der Waals surface area contributed by atoms with Crippen LogP contribution >= 0.6 is 15.9 Å². The second kappa shape index (κ2) is 8.07. The summed E-state index contributed by atoms with van der Waals surface area (Å²) in [6, 6.07) is 3.69. The minimum absolute atomic E-state index is 0.0528. The number of pyridine rings is 1. The van der Waals surface area contributed by atoms with E-state index in [9.17, 15) is 9.90 Å². The second-order valence-corrected chi connectivity index (χ2v) is 7.69. The highest BCUT2D eigenvalue weighted by atomic mass is 79.9. The number of nitrogens with zero attached hydrogens (tertiary/aromatic N) is 3. The van der Waals surface area contributed by atoms with Crippen molar-refractivity contribution in [2.75, 3.05) is 18.0 Å². The monoisotopic (exact) mass is 397 g/mol. The smallest absolute Gasteiger partial charge is 0.433 e. The highest BCUT2D eigenvalue weighted by Crippen LogP contribution is 2.26. The Hall–Kier alpha value is -1.47. The molecule has 1 N–H and O–H groups in total. The standard InChI is InChI=1S/C17H24BrN3O3/c1-17(2,3)24-16(23)19-9-12-5-4-8-21(10-12)15-13(11-22)6-7-14(18)20-15/h6-7,9,12,22H,4-5,8,10-11H2,1-3H3. The molecular weight excluding hydrogens is 374 g/mol. The average Bonchev–Trinajstić information content (AvgIpc) is 2.51. The third-order valence-corrected chi connectivity index (χ3v) is 4.08. The average molecular weight is 398 g/mol. The highest BCUT2D eigenvalue weighted by molar-refractivity contribution is 9.10. The Morgan fingerprint density at radius 3 is 2.96 bits per heavy atom. The fraction of sp³-hybridized carbons (Fsp3) is 0.588. The van der Waals surface area contributed by atoms with E-state index in [4.69, 9.17) is 4.74 Å². The zero-order valence-electron chi connectivity index (χ0n) is 14.3. The molecule has 1 aliphatic heterocycles. The van der Waals surface area contributed by atoms with Crippen LogP contribution in [0.4, 0.5) is 10.6 Å². The molecule has 1 atom stereocenters. The summed E-state index contributed by atoms with van der Waals surface area (Å²) in [7, 11) is 0. The van der Waals surface area contributed by atoms with Gasteiger partial charge in [0, 0.05) is 30.8 Å². The normalized spacial score (nSPS) is 18.9. The van der Waals surface area contributed by atoms with Crippen LogP contribution in [-0.4, -0.2) is 41.1 Å². The Bertz CT molecular complexity index is 614. The lowest BCUT2D eigenvalue weighted by Gasteiger charge is -2.33. The maximum Gasteiger partial charge on any atom is 0.433 e. The number of carbonyl (C=O) groups is 1. The third-order valence-electron chi connectivity index (χ3n) is 3.63. The molecule has 0 aromatic carbocycles. The summed E-state index contributed by atoms with van der Waals surface area (Å²) in [6.45, 7) is 6.98. The summed E-state index contributed by atoms with van der Waals surface area (Å²) in [6.07, 6.45) is 3.06. The number of piperidine rings is 1. The summed E-state index contributed by atoms with van der Waals surface area (Å²) in [4.78, 5) is 22.3. The Labute approximate surface area is 151 Å². The van der Waals surface area contributed by atoms with Crippen LogP contribution in [0.15, 0.2) is 21.7 Å². The molecule has 132 valence electrons. The van der Waals surface area contributed by atoms with E-state index >= 15 is 0 Å². The largest absolute Gasteiger partial charge is 0.442 e. The molecule has 6 nitrogen and oxygen atoms in total. The van der Waals surface area contributed by atoms with Gasteiger partial charge >= 0.3 is 6.09 Å². The second-order valence-electron chi connectivity index (χ2n) is 6.88. The van der Waals surface area contributed by atoms with Crippen molar-refractivity contribution in [3.63, 3.8) is 0 Å². The first-order valence-corrected chi connectivity index (χ1v) is 8.86. The SMILES string of the molecule is CC(C)(C)OC(=O)N=CC1CCCN(c2nc(Br)ccc2CO)C1. The van der Waals surface area contributed by atoms with Gasteiger partial charge in [-0.15, -0.1) is 0 Å². The van der Waals surface area contributed by atoms with Gasteiger partial charge in [0.25, 0.3) is 0 Å². The van der Waals surface area contributed by atoms with Gasteiger partial charge in [-0.25, -0.2) is 9.78 Å². The molecule has 0 bridgehead atoms. The van der Waals surface area contributed by atoms with Crippen molar-refractivity contribution in [3.8, 4) is 0 Å². The molecule has 1 amide bonds. The predicted molar refractivity (Wildman–Crippen MR) is 97.5 cm³/mol. The Morgan fingerprint density at radius 2 is 2.29 bits per heavy atom. The van der Waals surface area contributed by atoms with Gasteiger partial charge in [-0.05, 0) is 55.6 Å². The molecule has 1 aliphatic rings. The van der Waals surface area contributed by atoms with Crippen LogP contribution < -0.4 is 4.90 Å². The van der Waals surface area contributed by atoms with E-state index in [1.54, 1.807) is 6.21 Å². The van der Waals surface area contributed by atoms with E-state index < -0.39 is 11.7 Å². The number of aliphatic hydroxyl groups excluding tert-OH is 1. The Kier molecular flexibility index (Phi) is 6.34. The Balaban J connectivity index is 2.04. The van der Waals surface area contributed by atoms with E-state index in [0.29, 0.717) is 6.54 Å². The molecule has 2 heterocycles. The Morgan fingerprint density at radius 1 is 1.54 bits per heavy atom. The van der Waals surface area contributed by atoms with Crippen LogP contribution in [0.25, 0.3) is 0 Å². The van der Waals surface area contributed by atoms with Crippen molar-refractivity contribution < 1.29 is 14.6 Å². The van der Waals surface area contributed by atoms with Crippen molar-refractivity contribution in [2.24, 2.45) is 10.9 Å². The van der Waals surface area contributed by atoms with Gasteiger partial charge in [0.05, 0.1) is 6.61 Å². The van der Waals surface area contributed by atoms with Crippen molar-refractivity contribution in [1.82, 2.24) is 4.98 Å². The predicted octanol–water partition coefficient (Wildman–Crippen LogP) is 3.56. The lowest BCUT2D eigenvalue weighted by Crippen LogP contribution is -2.37. The molecule has 0 aliphatic carbocycles. The van der Waals surface area contributed by atoms with Gasteiger partial charge in [-0.3, -0.25) is 0 Å². The van der Waals surface area contributed by atoms with Gasteiger partial charge in [-0.1, -0.05) is 6.07 Å². The van der Waals surface area contributed by atoms with Crippen LogP contribution in [0.3, 0.4) is 0 Å². The molecule has 24 heavy (non-hydrogen) atoms. The lowest BCUT2D eigenvalue weighted by atomic mass is 9.99. The van der Waals surface area contributed by atoms with Crippen LogP contribution in [0.5, 0.6) is 0 Å². The molecule has 0 saturated carbocycles. The van der Waals surface area contributed by atoms with E-state index in [1.165, 1.54) is 0 Å². The number of aromatic nitrogens is 1. The number of anilines is 1. The van der Waals surface area contributed by atoms with E-state index in [0.717, 1.165) is 35.4 Å². The molecule has 7 heteroatoms. The van der Waals surface area contributed by atoms with Gasteiger partial charge in [-0.2, -0.15) is 4.99 Å². The lowest BCUT2D eigenvalue weighted by molar-refractivity contribution is 0.0604. The van der Waals surface area contributed by atoms with E-state index in [2.05, 4.69) is 30.8 Å². The molecule has 2 rings (SSSR count). The topological polar surface area (TPSA) is 75.0 Å². The number of halogens is 1. The third kappa shape index (κ3) is 5.56. The summed E-state index contributed by atoms with van der Waals surface area (Å²) in [5.41, 5.74) is 0.256. The summed E-state index contributed by atoms with van der Waals surface area (Å²) in [5.74, 6) is 0.931. The molecule has 1 aromatic heterocycles. The minimum Gasteiger partial charge on any atom is -0.442 e. The van der Waals surface area contributed by atoms with Gasteiger partial charge < -0.3 is 14.7 Å². The zero-order valence-corrected chi connectivity index (χ0v) is 15.9. The maximum absolute atomic E-state index is 11.7. The quantitative estimate of drug-likeness (QED) is 0.623. The number of carbonyl (C=O) groups excluding carboxylic acids is 1. The van der Waals surface area contributed by atoms with E-state index in [1.807, 2.05) is 32.9 Å². The number of aliphatic hydroxyl groups is 1. The van der Waals surface area contributed by atoms with Gasteiger partial charge in [0.15, 0.2) is 0 Å². The van der Waals surface area contributed by atoms with Crippen molar-refractivity contribution in [1.29, 1.82) is 0 Å². The van der Waals surface area contributed by atoms with Crippen molar-refractivity contribution in [2.45, 2.75) is 45.8 Å². The number of ether oxygens (including phenoxy) is 1. The fourth-order valence-electron chi connectivity index (χ4n) is 2.63. The number of rotatable bonds is 3. The number of aliphatic imine (C=N–C) groups is 1. The van der Waals surface area contributed by atoms with Crippen LogP contribution in [-0.2, 0) is 11.3 Å². The number of hydrogen-bond acceptors (Lipinski definition) is 5. The van der Waals surface area contributed by atoms with Crippen molar-refractivity contribution in [3.05, 3.63) is 22.3 Å². The number of amides is 1. The van der Waals surface area contributed by atoms with Crippen molar-refractivity contribution >= 4 is 34.1 Å². The van der Waals surface area contributed by atoms with E-state index in [-0.39, 0.29) is 12.5 Å². The number of hydrogen-bond donors (Lipinski definition) is 1. The molecule has 1 fully saturated rings. The molecule has 1 aromatic rings. The van der Waals surface area contributed by atoms with Crippen LogP contribution in [0.1, 0.15) is 39.2 Å². The summed E-state index contributed by atoms with van der Waals surface area (Å²) in [5, 5.41) is 9.52. The summed E-state index contributed by atoms with van der Waals surface area (Å²) < 4.78 is 5.93. The summed E-state index contributed by atoms with van der Waals surface area (Å²) >= 11 is 3.38. The first-order chi connectivity index (χ1) is 11.3. The van der Waals surface area contributed by atoms with Crippen LogP contribution in [0, 0.1) is 5.92 Å². The minimum atomic E-state index is -0.559. The molecule has 1 saturated heterocycles. The first kappa shape index (κ1) is 18.9. The molecule has 0 radical (unpaired) electrons. The molecule has 0 spiro atoms. The zero-order chi connectivity index (χ0) is 17.7. The van der Waals surface area contributed by atoms with Gasteiger partial charge in [0.1, 0.15) is 16.0 Å². The molecular formula is C17H24BrN3O3. The maximum atomic E-state index is 11.7.